The SMILES string of the molecule is CCCNC(=O)C(C)N1CCSCC1. The van der Waals surface area contributed by atoms with Gasteiger partial charge in [-0.3, -0.25) is 9.69 Å². The molecule has 1 aliphatic heterocycles. The average molecular weight is 216 g/mol. The van der Waals surface area contributed by atoms with Crippen LogP contribution in [0.15, 0.2) is 0 Å². The number of thioether (sulfide) groups is 1. The molecule has 1 saturated heterocycles. The van der Waals surface area contributed by atoms with Crippen molar-refractivity contribution in [3.05, 3.63) is 0 Å². The molecular formula is C10H20N2OS. The summed E-state index contributed by atoms with van der Waals surface area (Å²) in [5.74, 6) is 2.50. The first-order valence-electron chi connectivity index (χ1n) is 5.35. The maximum atomic E-state index is 11.6. The fourth-order valence-electron chi connectivity index (χ4n) is 1.53. The van der Waals surface area contributed by atoms with Gasteiger partial charge in [0.1, 0.15) is 0 Å². The van der Waals surface area contributed by atoms with Crippen molar-refractivity contribution in [3.8, 4) is 0 Å². The van der Waals surface area contributed by atoms with Crippen molar-refractivity contribution < 1.29 is 4.79 Å². The summed E-state index contributed by atoms with van der Waals surface area (Å²) in [5, 5.41) is 2.94. The number of amides is 1. The molecule has 0 spiro atoms. The monoisotopic (exact) mass is 216 g/mol. The first-order chi connectivity index (χ1) is 6.75. The van der Waals surface area contributed by atoms with Gasteiger partial charge in [-0.1, -0.05) is 6.92 Å². The van der Waals surface area contributed by atoms with Gasteiger partial charge < -0.3 is 5.32 Å². The molecule has 82 valence electrons. The lowest BCUT2D eigenvalue weighted by Crippen LogP contribution is -2.48. The highest BCUT2D eigenvalue weighted by molar-refractivity contribution is 7.99. The second kappa shape index (κ2) is 6.30. The molecule has 0 aromatic carbocycles. The Morgan fingerprint density at radius 1 is 1.50 bits per heavy atom. The summed E-state index contributed by atoms with van der Waals surface area (Å²) < 4.78 is 0. The summed E-state index contributed by atoms with van der Waals surface area (Å²) in [7, 11) is 0. The van der Waals surface area contributed by atoms with Crippen LogP contribution in [0.4, 0.5) is 0 Å². The highest BCUT2D eigenvalue weighted by atomic mass is 32.2. The number of hydrogen-bond acceptors (Lipinski definition) is 3. The number of rotatable bonds is 4. The number of hydrogen-bond donors (Lipinski definition) is 1. The Balaban J connectivity index is 2.30. The standard InChI is InChI=1S/C10H20N2OS/c1-3-4-11-10(13)9(2)12-5-7-14-8-6-12/h9H,3-8H2,1-2H3,(H,11,13). The molecule has 0 saturated carbocycles. The van der Waals surface area contributed by atoms with Crippen molar-refractivity contribution in [2.45, 2.75) is 26.3 Å². The van der Waals surface area contributed by atoms with Gasteiger partial charge in [-0.25, -0.2) is 0 Å². The van der Waals surface area contributed by atoms with E-state index in [1.807, 2.05) is 18.7 Å². The molecule has 0 aliphatic carbocycles. The third-order valence-electron chi connectivity index (χ3n) is 2.52. The smallest absolute Gasteiger partial charge is 0.237 e. The molecule has 0 aromatic heterocycles. The molecule has 1 aliphatic rings. The van der Waals surface area contributed by atoms with Crippen molar-refractivity contribution in [2.75, 3.05) is 31.1 Å². The van der Waals surface area contributed by atoms with E-state index in [0.717, 1.165) is 37.6 Å². The molecule has 1 atom stereocenters. The van der Waals surface area contributed by atoms with Gasteiger partial charge in [0.2, 0.25) is 5.91 Å². The summed E-state index contributed by atoms with van der Waals surface area (Å²) in [4.78, 5) is 13.9. The third-order valence-corrected chi connectivity index (χ3v) is 3.46. The first kappa shape index (κ1) is 11.9. The summed E-state index contributed by atoms with van der Waals surface area (Å²) in [6.07, 6.45) is 1.01. The van der Waals surface area contributed by atoms with Crippen LogP contribution in [0, 0.1) is 0 Å². The molecule has 1 fully saturated rings. The lowest BCUT2D eigenvalue weighted by Gasteiger charge is -2.31. The van der Waals surface area contributed by atoms with Crippen molar-refractivity contribution in [1.82, 2.24) is 10.2 Å². The maximum absolute atomic E-state index is 11.6. The van der Waals surface area contributed by atoms with Gasteiger partial charge in [0.05, 0.1) is 6.04 Å². The summed E-state index contributed by atoms with van der Waals surface area (Å²) in [5.41, 5.74) is 0. The Morgan fingerprint density at radius 2 is 2.14 bits per heavy atom. The van der Waals surface area contributed by atoms with Crippen molar-refractivity contribution in [2.24, 2.45) is 0 Å². The molecular weight excluding hydrogens is 196 g/mol. The van der Waals surface area contributed by atoms with Crippen LogP contribution in [0.3, 0.4) is 0 Å². The van der Waals surface area contributed by atoms with Crippen LogP contribution in [0.2, 0.25) is 0 Å². The Labute approximate surface area is 90.6 Å². The number of carbonyl (C=O) groups excluding carboxylic acids is 1. The fourth-order valence-corrected chi connectivity index (χ4v) is 2.46. The molecule has 0 aromatic rings. The first-order valence-corrected chi connectivity index (χ1v) is 6.50. The Hall–Kier alpha value is -0.220. The van der Waals surface area contributed by atoms with Gasteiger partial charge in [0.25, 0.3) is 0 Å². The van der Waals surface area contributed by atoms with Crippen LogP contribution in [-0.2, 0) is 4.79 Å². The zero-order valence-corrected chi connectivity index (χ0v) is 9.90. The average Bonchev–Trinajstić information content (AvgIpc) is 2.26. The minimum absolute atomic E-state index is 0.0439. The molecule has 1 rings (SSSR count). The van der Waals surface area contributed by atoms with E-state index in [4.69, 9.17) is 0 Å². The van der Waals surface area contributed by atoms with Gasteiger partial charge in [-0.2, -0.15) is 11.8 Å². The van der Waals surface area contributed by atoms with Crippen LogP contribution < -0.4 is 5.32 Å². The van der Waals surface area contributed by atoms with E-state index in [1.165, 1.54) is 0 Å². The summed E-state index contributed by atoms with van der Waals surface area (Å²) in [6.45, 7) is 6.96. The largest absolute Gasteiger partial charge is 0.355 e. The predicted octanol–water partition coefficient (Wildman–Crippen LogP) is 0.950. The second-order valence-electron chi connectivity index (χ2n) is 3.62. The molecule has 0 radical (unpaired) electrons. The van der Waals surface area contributed by atoms with Crippen molar-refractivity contribution in [3.63, 3.8) is 0 Å². The van der Waals surface area contributed by atoms with Gasteiger partial charge >= 0.3 is 0 Å². The Morgan fingerprint density at radius 3 is 2.71 bits per heavy atom. The summed E-state index contributed by atoms with van der Waals surface area (Å²) >= 11 is 1.97. The molecule has 1 amide bonds. The molecule has 4 heteroatoms. The van der Waals surface area contributed by atoms with Gasteiger partial charge in [-0.05, 0) is 13.3 Å². The zero-order chi connectivity index (χ0) is 10.4. The number of nitrogens with one attached hydrogen (secondary N) is 1. The van der Waals surface area contributed by atoms with E-state index >= 15 is 0 Å². The Bertz CT molecular complexity index is 181. The molecule has 3 nitrogen and oxygen atoms in total. The molecule has 1 N–H and O–H groups in total. The number of nitrogens with zero attached hydrogens (tertiary/aromatic N) is 1. The van der Waals surface area contributed by atoms with Crippen LogP contribution in [0.25, 0.3) is 0 Å². The van der Waals surface area contributed by atoms with Gasteiger partial charge in [0, 0.05) is 31.1 Å². The number of carbonyl (C=O) groups is 1. The minimum atomic E-state index is 0.0439. The Kier molecular flexibility index (Phi) is 5.33. The minimum Gasteiger partial charge on any atom is -0.355 e. The molecule has 14 heavy (non-hydrogen) atoms. The van der Waals surface area contributed by atoms with Crippen LogP contribution >= 0.6 is 11.8 Å². The zero-order valence-electron chi connectivity index (χ0n) is 9.08. The predicted molar refractivity (Wildman–Crippen MR) is 61.7 cm³/mol. The van der Waals surface area contributed by atoms with E-state index in [0.29, 0.717) is 0 Å². The highest BCUT2D eigenvalue weighted by Crippen LogP contribution is 2.11. The topological polar surface area (TPSA) is 32.3 Å². The highest BCUT2D eigenvalue weighted by Gasteiger charge is 2.22. The fraction of sp³-hybridized carbons (Fsp3) is 0.900. The lowest BCUT2D eigenvalue weighted by atomic mass is 10.2. The quantitative estimate of drug-likeness (QED) is 0.759. The van der Waals surface area contributed by atoms with E-state index in [2.05, 4.69) is 17.1 Å². The van der Waals surface area contributed by atoms with Gasteiger partial charge in [0.15, 0.2) is 0 Å². The normalized spacial score (nSPS) is 20.4. The van der Waals surface area contributed by atoms with Crippen LogP contribution in [-0.4, -0.2) is 48.0 Å². The molecule has 1 heterocycles. The third kappa shape index (κ3) is 3.50. The van der Waals surface area contributed by atoms with Crippen LogP contribution in [0.5, 0.6) is 0 Å². The van der Waals surface area contributed by atoms with Crippen molar-refractivity contribution >= 4 is 17.7 Å². The van der Waals surface area contributed by atoms with E-state index in [9.17, 15) is 4.79 Å². The van der Waals surface area contributed by atoms with E-state index in [1.54, 1.807) is 0 Å². The van der Waals surface area contributed by atoms with Crippen molar-refractivity contribution in [1.29, 1.82) is 0 Å². The lowest BCUT2D eigenvalue weighted by molar-refractivity contribution is -0.125. The maximum Gasteiger partial charge on any atom is 0.237 e. The van der Waals surface area contributed by atoms with E-state index < -0.39 is 0 Å². The molecule has 1 unspecified atom stereocenters. The van der Waals surface area contributed by atoms with Crippen LogP contribution in [0.1, 0.15) is 20.3 Å². The summed E-state index contributed by atoms with van der Waals surface area (Å²) in [6, 6.07) is 0.0439. The van der Waals surface area contributed by atoms with Gasteiger partial charge in [-0.15, -0.1) is 0 Å². The second-order valence-corrected chi connectivity index (χ2v) is 4.84. The van der Waals surface area contributed by atoms with E-state index in [-0.39, 0.29) is 11.9 Å². The molecule has 0 bridgehead atoms.